The van der Waals surface area contributed by atoms with E-state index in [-0.39, 0.29) is 6.04 Å². The third-order valence-electron chi connectivity index (χ3n) is 3.92. The van der Waals surface area contributed by atoms with Crippen LogP contribution in [0.2, 0.25) is 0 Å². The average Bonchev–Trinajstić information content (AvgIpc) is 2.39. The zero-order valence-corrected chi connectivity index (χ0v) is 11.6. The van der Waals surface area contributed by atoms with Crippen molar-refractivity contribution in [3.8, 4) is 5.75 Å². The van der Waals surface area contributed by atoms with Gasteiger partial charge in [-0.3, -0.25) is 0 Å². The van der Waals surface area contributed by atoms with Crippen LogP contribution in [0.4, 0.5) is 0 Å². The molecule has 18 heavy (non-hydrogen) atoms. The summed E-state index contributed by atoms with van der Waals surface area (Å²) in [6, 6.07) is 6.85. The maximum atomic E-state index is 5.92. The fourth-order valence-electron chi connectivity index (χ4n) is 2.99. The van der Waals surface area contributed by atoms with Crippen molar-refractivity contribution >= 4 is 0 Å². The molecular weight excluding hydrogens is 222 g/mol. The number of hydrogen-bond acceptors (Lipinski definition) is 2. The molecule has 1 aliphatic rings. The Kier molecular flexibility index (Phi) is 4.65. The van der Waals surface area contributed by atoms with Crippen LogP contribution in [0.25, 0.3) is 0 Å². The first kappa shape index (κ1) is 13.4. The van der Waals surface area contributed by atoms with Gasteiger partial charge in [0, 0.05) is 6.04 Å². The molecule has 1 atom stereocenters. The Labute approximate surface area is 111 Å². The van der Waals surface area contributed by atoms with Gasteiger partial charge in [-0.1, -0.05) is 31.4 Å². The van der Waals surface area contributed by atoms with Gasteiger partial charge in [-0.2, -0.15) is 0 Å². The van der Waals surface area contributed by atoms with E-state index in [0.717, 1.165) is 18.1 Å². The summed E-state index contributed by atoms with van der Waals surface area (Å²) in [6.45, 7) is 2.05. The van der Waals surface area contributed by atoms with E-state index in [1.54, 1.807) is 7.11 Å². The van der Waals surface area contributed by atoms with Gasteiger partial charge in [-0.25, -0.2) is 0 Å². The summed E-state index contributed by atoms with van der Waals surface area (Å²) in [5.74, 6) is 1.73. The molecule has 1 unspecified atom stereocenters. The maximum Gasteiger partial charge on any atom is 0.122 e. The van der Waals surface area contributed by atoms with Gasteiger partial charge in [0.25, 0.3) is 0 Å². The smallest absolute Gasteiger partial charge is 0.122 e. The predicted molar refractivity (Wildman–Crippen MR) is 76.2 cm³/mol. The van der Waals surface area contributed by atoms with Crippen molar-refractivity contribution in [2.45, 2.75) is 57.4 Å². The summed E-state index contributed by atoms with van der Waals surface area (Å²) in [5.41, 5.74) is 8.66. The van der Waals surface area contributed by atoms with Crippen molar-refractivity contribution in [2.24, 2.45) is 5.73 Å². The summed E-state index contributed by atoms with van der Waals surface area (Å²) in [7, 11) is 1.74. The molecule has 0 saturated heterocycles. The molecule has 2 rings (SSSR count). The molecule has 1 saturated carbocycles. The lowest BCUT2D eigenvalue weighted by Gasteiger charge is -2.23. The quantitative estimate of drug-likeness (QED) is 0.881. The Hall–Kier alpha value is -1.02. The van der Waals surface area contributed by atoms with E-state index in [1.807, 2.05) is 6.92 Å². The van der Waals surface area contributed by atoms with Crippen LogP contribution >= 0.6 is 0 Å². The molecule has 0 radical (unpaired) electrons. The SMILES string of the molecule is COc1ccc(C2CCCCC2)cc1CC(C)N. The summed E-state index contributed by atoms with van der Waals surface area (Å²) in [5, 5.41) is 0. The van der Waals surface area contributed by atoms with Crippen LogP contribution in [-0.4, -0.2) is 13.2 Å². The summed E-state index contributed by atoms with van der Waals surface area (Å²) in [4.78, 5) is 0. The molecule has 1 aliphatic carbocycles. The van der Waals surface area contributed by atoms with Crippen LogP contribution in [0.1, 0.15) is 56.1 Å². The van der Waals surface area contributed by atoms with Crippen LogP contribution < -0.4 is 10.5 Å². The van der Waals surface area contributed by atoms with Gasteiger partial charge in [0.05, 0.1) is 7.11 Å². The first-order chi connectivity index (χ1) is 8.70. The Balaban J connectivity index is 2.20. The van der Waals surface area contributed by atoms with E-state index >= 15 is 0 Å². The highest BCUT2D eigenvalue weighted by Gasteiger charge is 2.17. The summed E-state index contributed by atoms with van der Waals surface area (Å²) < 4.78 is 5.43. The predicted octanol–water partition coefficient (Wildman–Crippen LogP) is 3.63. The first-order valence-corrected chi connectivity index (χ1v) is 7.13. The van der Waals surface area contributed by atoms with Crippen LogP contribution in [0.5, 0.6) is 5.75 Å². The van der Waals surface area contributed by atoms with Gasteiger partial charge in [-0.05, 0) is 49.3 Å². The molecule has 1 aromatic carbocycles. The number of hydrogen-bond donors (Lipinski definition) is 1. The third-order valence-corrected chi connectivity index (χ3v) is 3.92. The van der Waals surface area contributed by atoms with Crippen LogP contribution in [0, 0.1) is 0 Å². The van der Waals surface area contributed by atoms with Gasteiger partial charge in [0.1, 0.15) is 5.75 Å². The van der Waals surface area contributed by atoms with E-state index in [2.05, 4.69) is 18.2 Å². The number of methoxy groups -OCH3 is 1. The van der Waals surface area contributed by atoms with Gasteiger partial charge >= 0.3 is 0 Å². The van der Waals surface area contributed by atoms with Gasteiger partial charge in [0.2, 0.25) is 0 Å². The molecule has 2 nitrogen and oxygen atoms in total. The molecule has 0 bridgehead atoms. The maximum absolute atomic E-state index is 5.92. The Bertz CT molecular complexity index is 381. The van der Waals surface area contributed by atoms with Crippen LogP contribution in [-0.2, 0) is 6.42 Å². The molecule has 0 aliphatic heterocycles. The van der Waals surface area contributed by atoms with Crippen molar-refractivity contribution in [3.05, 3.63) is 29.3 Å². The van der Waals surface area contributed by atoms with Crippen molar-refractivity contribution in [1.29, 1.82) is 0 Å². The molecule has 2 heteroatoms. The van der Waals surface area contributed by atoms with E-state index in [4.69, 9.17) is 10.5 Å². The van der Waals surface area contributed by atoms with Crippen molar-refractivity contribution < 1.29 is 4.74 Å². The second-order valence-electron chi connectivity index (χ2n) is 5.59. The lowest BCUT2D eigenvalue weighted by molar-refractivity contribution is 0.406. The minimum atomic E-state index is 0.181. The van der Waals surface area contributed by atoms with Crippen molar-refractivity contribution in [2.75, 3.05) is 7.11 Å². The van der Waals surface area contributed by atoms with Gasteiger partial charge in [0.15, 0.2) is 0 Å². The standard InChI is InChI=1S/C16H25NO/c1-12(17)10-15-11-14(8-9-16(15)18-2)13-6-4-3-5-7-13/h8-9,11-13H,3-7,10,17H2,1-2H3. The minimum Gasteiger partial charge on any atom is -0.496 e. The number of ether oxygens (including phenoxy) is 1. The van der Waals surface area contributed by atoms with E-state index in [0.29, 0.717) is 0 Å². The second kappa shape index (κ2) is 6.24. The van der Waals surface area contributed by atoms with Crippen LogP contribution in [0.15, 0.2) is 18.2 Å². The van der Waals surface area contributed by atoms with Gasteiger partial charge in [-0.15, -0.1) is 0 Å². The fourth-order valence-corrected chi connectivity index (χ4v) is 2.99. The Morgan fingerprint density at radius 2 is 2.00 bits per heavy atom. The van der Waals surface area contributed by atoms with Gasteiger partial charge < -0.3 is 10.5 Å². The van der Waals surface area contributed by atoms with Crippen molar-refractivity contribution in [3.63, 3.8) is 0 Å². The topological polar surface area (TPSA) is 35.2 Å². The number of benzene rings is 1. The molecular formula is C16H25NO. The lowest BCUT2D eigenvalue weighted by Crippen LogP contribution is -2.18. The Morgan fingerprint density at radius 1 is 1.28 bits per heavy atom. The number of rotatable bonds is 4. The van der Waals surface area contributed by atoms with Crippen LogP contribution in [0.3, 0.4) is 0 Å². The lowest BCUT2D eigenvalue weighted by atomic mass is 9.83. The molecule has 100 valence electrons. The third kappa shape index (κ3) is 3.26. The first-order valence-electron chi connectivity index (χ1n) is 7.13. The largest absolute Gasteiger partial charge is 0.496 e. The molecule has 1 aromatic rings. The number of nitrogens with two attached hydrogens (primary N) is 1. The summed E-state index contributed by atoms with van der Waals surface area (Å²) >= 11 is 0. The van der Waals surface area contributed by atoms with E-state index < -0.39 is 0 Å². The highest BCUT2D eigenvalue weighted by molar-refractivity contribution is 5.39. The monoisotopic (exact) mass is 247 g/mol. The Morgan fingerprint density at radius 3 is 2.61 bits per heavy atom. The molecule has 0 aromatic heterocycles. The van der Waals surface area contributed by atoms with E-state index in [9.17, 15) is 0 Å². The average molecular weight is 247 g/mol. The zero-order valence-electron chi connectivity index (χ0n) is 11.6. The minimum absolute atomic E-state index is 0.181. The van der Waals surface area contributed by atoms with E-state index in [1.165, 1.54) is 43.2 Å². The molecule has 0 heterocycles. The van der Waals surface area contributed by atoms with Crippen molar-refractivity contribution in [1.82, 2.24) is 0 Å². The molecule has 0 amide bonds. The molecule has 0 spiro atoms. The fraction of sp³-hybridized carbons (Fsp3) is 0.625. The highest BCUT2D eigenvalue weighted by atomic mass is 16.5. The zero-order chi connectivity index (χ0) is 13.0. The molecule has 2 N–H and O–H groups in total. The second-order valence-corrected chi connectivity index (χ2v) is 5.59. The molecule has 1 fully saturated rings. The highest BCUT2D eigenvalue weighted by Crippen LogP contribution is 2.34. The normalized spacial score (nSPS) is 18.6. The summed E-state index contributed by atoms with van der Waals surface area (Å²) in [6.07, 6.45) is 7.72.